The predicted octanol–water partition coefficient (Wildman–Crippen LogP) is 2.29. The molecule has 0 fully saturated rings. The number of nitrogens with two attached hydrogens (primary N) is 1. The first-order valence-corrected chi connectivity index (χ1v) is 5.72. The maximum Gasteiger partial charge on any atom is 0.0474 e. The van der Waals surface area contributed by atoms with Gasteiger partial charge in [0.25, 0.3) is 0 Å². The van der Waals surface area contributed by atoms with Crippen LogP contribution in [0.2, 0.25) is 0 Å². The first kappa shape index (κ1) is 9.82. The van der Waals surface area contributed by atoms with Crippen molar-refractivity contribution in [3.8, 4) is 0 Å². The molecule has 0 bridgehead atoms. The molecule has 1 unspecified atom stereocenters. The second-order valence-electron chi connectivity index (χ2n) is 4.52. The predicted molar refractivity (Wildman–Crippen MR) is 67.2 cm³/mol. The van der Waals surface area contributed by atoms with E-state index in [-0.39, 0.29) is 0 Å². The van der Waals surface area contributed by atoms with Crippen LogP contribution in [0.1, 0.15) is 17.2 Å². The Morgan fingerprint density at radius 2 is 2.06 bits per heavy atom. The molecule has 16 heavy (non-hydrogen) atoms. The molecule has 2 N–H and O–H groups in total. The first-order chi connectivity index (χ1) is 7.81. The van der Waals surface area contributed by atoms with Gasteiger partial charge in [0.15, 0.2) is 0 Å². The zero-order valence-electron chi connectivity index (χ0n) is 9.48. The third-order valence-corrected chi connectivity index (χ3v) is 3.60. The Kier molecular flexibility index (Phi) is 2.20. The van der Waals surface area contributed by atoms with E-state index in [4.69, 9.17) is 5.73 Å². The Bertz CT molecular complexity index is 533. The van der Waals surface area contributed by atoms with Crippen LogP contribution in [0.15, 0.2) is 36.4 Å². The Morgan fingerprint density at radius 3 is 2.88 bits per heavy atom. The molecule has 2 aromatic carbocycles. The summed E-state index contributed by atoms with van der Waals surface area (Å²) in [4.78, 5) is 2.33. The lowest BCUT2D eigenvalue weighted by atomic mass is 9.98. The molecule has 2 nitrogen and oxygen atoms in total. The summed E-state index contributed by atoms with van der Waals surface area (Å²) < 4.78 is 0. The highest BCUT2D eigenvalue weighted by molar-refractivity contribution is 5.87. The Labute approximate surface area is 95.7 Å². The van der Waals surface area contributed by atoms with Gasteiger partial charge >= 0.3 is 0 Å². The van der Waals surface area contributed by atoms with Crippen LogP contribution in [0.25, 0.3) is 10.8 Å². The minimum atomic E-state index is 0.389. The Morgan fingerprint density at radius 1 is 1.25 bits per heavy atom. The Balaban J connectivity index is 2.26. The summed E-state index contributed by atoms with van der Waals surface area (Å²) >= 11 is 0. The van der Waals surface area contributed by atoms with Crippen molar-refractivity contribution < 1.29 is 0 Å². The molecule has 2 heteroatoms. The summed E-state index contributed by atoms with van der Waals surface area (Å²) in [6, 6.07) is 13.4. The van der Waals surface area contributed by atoms with Crippen LogP contribution in [0.4, 0.5) is 0 Å². The highest BCUT2D eigenvalue weighted by atomic mass is 15.2. The molecular weight excluding hydrogens is 196 g/mol. The van der Waals surface area contributed by atoms with Crippen LogP contribution in [0.5, 0.6) is 0 Å². The van der Waals surface area contributed by atoms with Crippen LogP contribution in [0, 0.1) is 0 Å². The van der Waals surface area contributed by atoms with Crippen LogP contribution in [-0.2, 0) is 6.54 Å². The van der Waals surface area contributed by atoms with Crippen molar-refractivity contribution in [2.24, 2.45) is 5.73 Å². The summed E-state index contributed by atoms with van der Waals surface area (Å²) in [5.74, 6) is 0. The molecule has 0 saturated heterocycles. The second-order valence-corrected chi connectivity index (χ2v) is 4.52. The third kappa shape index (κ3) is 1.27. The molecule has 0 spiro atoms. The van der Waals surface area contributed by atoms with Gasteiger partial charge in [-0.1, -0.05) is 36.4 Å². The lowest BCUT2D eigenvalue weighted by Crippen LogP contribution is -2.23. The number of benzene rings is 2. The molecular formula is C14H16N2. The van der Waals surface area contributed by atoms with Gasteiger partial charge in [0, 0.05) is 19.1 Å². The zero-order chi connectivity index (χ0) is 11.1. The standard InChI is InChI=1S/C14H16N2/c1-16-9-13-11-5-3-2-4-10(11)6-7-12(13)14(16)8-15/h2-7,14H,8-9,15H2,1H3. The minimum absolute atomic E-state index is 0.389. The molecule has 0 amide bonds. The van der Waals surface area contributed by atoms with Crippen molar-refractivity contribution >= 4 is 10.8 Å². The smallest absolute Gasteiger partial charge is 0.0474 e. The van der Waals surface area contributed by atoms with Crippen molar-refractivity contribution in [1.82, 2.24) is 4.90 Å². The molecule has 2 aromatic rings. The van der Waals surface area contributed by atoms with Crippen molar-refractivity contribution in [2.45, 2.75) is 12.6 Å². The van der Waals surface area contributed by atoms with E-state index < -0.39 is 0 Å². The van der Waals surface area contributed by atoms with Gasteiger partial charge in [0.1, 0.15) is 0 Å². The number of hydrogen-bond acceptors (Lipinski definition) is 2. The molecule has 1 atom stereocenters. The molecule has 3 rings (SSSR count). The van der Waals surface area contributed by atoms with Crippen molar-refractivity contribution in [3.05, 3.63) is 47.5 Å². The van der Waals surface area contributed by atoms with Crippen LogP contribution in [-0.4, -0.2) is 18.5 Å². The molecule has 82 valence electrons. The van der Waals surface area contributed by atoms with Crippen LogP contribution >= 0.6 is 0 Å². The normalized spacial score (nSPS) is 20.2. The summed E-state index contributed by atoms with van der Waals surface area (Å²) in [7, 11) is 2.15. The average molecular weight is 212 g/mol. The van der Waals surface area contributed by atoms with E-state index in [1.807, 2.05) is 0 Å². The van der Waals surface area contributed by atoms with E-state index in [2.05, 4.69) is 48.3 Å². The second kappa shape index (κ2) is 3.58. The molecule has 0 aliphatic carbocycles. The van der Waals surface area contributed by atoms with Gasteiger partial charge in [-0.05, 0) is 28.9 Å². The van der Waals surface area contributed by atoms with Gasteiger partial charge in [-0.2, -0.15) is 0 Å². The highest BCUT2D eigenvalue weighted by Crippen LogP contribution is 2.36. The fraction of sp³-hybridized carbons (Fsp3) is 0.286. The quantitative estimate of drug-likeness (QED) is 0.785. The molecule has 1 heterocycles. The monoisotopic (exact) mass is 212 g/mol. The van der Waals surface area contributed by atoms with Crippen molar-refractivity contribution in [1.29, 1.82) is 0 Å². The minimum Gasteiger partial charge on any atom is -0.329 e. The van der Waals surface area contributed by atoms with Gasteiger partial charge in [-0.15, -0.1) is 0 Å². The fourth-order valence-electron chi connectivity index (χ4n) is 2.75. The SMILES string of the molecule is CN1Cc2c(ccc3ccccc23)C1CN. The largest absolute Gasteiger partial charge is 0.329 e. The molecule has 0 saturated carbocycles. The van der Waals surface area contributed by atoms with E-state index in [9.17, 15) is 0 Å². The van der Waals surface area contributed by atoms with E-state index in [1.54, 1.807) is 0 Å². The molecule has 0 aromatic heterocycles. The highest BCUT2D eigenvalue weighted by Gasteiger charge is 2.27. The number of rotatable bonds is 1. The first-order valence-electron chi connectivity index (χ1n) is 5.72. The number of nitrogens with zero attached hydrogens (tertiary/aromatic N) is 1. The topological polar surface area (TPSA) is 29.3 Å². The van der Waals surface area contributed by atoms with Crippen molar-refractivity contribution in [2.75, 3.05) is 13.6 Å². The summed E-state index contributed by atoms with van der Waals surface area (Å²) in [6.07, 6.45) is 0. The summed E-state index contributed by atoms with van der Waals surface area (Å²) in [5, 5.41) is 2.70. The maximum absolute atomic E-state index is 5.84. The average Bonchev–Trinajstić information content (AvgIpc) is 2.65. The number of fused-ring (bicyclic) bond motifs is 3. The summed E-state index contributed by atoms with van der Waals surface area (Å²) in [6.45, 7) is 1.71. The van der Waals surface area contributed by atoms with Crippen LogP contribution < -0.4 is 5.73 Å². The van der Waals surface area contributed by atoms with Gasteiger partial charge in [-0.25, -0.2) is 0 Å². The fourth-order valence-corrected chi connectivity index (χ4v) is 2.75. The lowest BCUT2D eigenvalue weighted by Gasteiger charge is -2.17. The van der Waals surface area contributed by atoms with Gasteiger partial charge in [0.2, 0.25) is 0 Å². The van der Waals surface area contributed by atoms with E-state index >= 15 is 0 Å². The lowest BCUT2D eigenvalue weighted by molar-refractivity contribution is 0.274. The molecule has 0 radical (unpaired) electrons. The van der Waals surface area contributed by atoms with E-state index in [0.717, 1.165) is 6.54 Å². The van der Waals surface area contributed by atoms with Crippen molar-refractivity contribution in [3.63, 3.8) is 0 Å². The van der Waals surface area contributed by atoms with Gasteiger partial charge in [-0.3, -0.25) is 4.90 Å². The maximum atomic E-state index is 5.84. The number of likely N-dealkylation sites (N-methyl/N-ethyl adjacent to an activating group) is 1. The van der Waals surface area contributed by atoms with Crippen LogP contribution in [0.3, 0.4) is 0 Å². The van der Waals surface area contributed by atoms with E-state index in [1.165, 1.54) is 21.9 Å². The number of hydrogen-bond donors (Lipinski definition) is 1. The zero-order valence-corrected chi connectivity index (χ0v) is 9.48. The van der Waals surface area contributed by atoms with Gasteiger partial charge in [0.05, 0.1) is 0 Å². The molecule has 1 aliphatic rings. The van der Waals surface area contributed by atoms with Gasteiger partial charge < -0.3 is 5.73 Å². The third-order valence-electron chi connectivity index (χ3n) is 3.60. The summed E-state index contributed by atoms with van der Waals surface area (Å²) in [5.41, 5.74) is 8.70. The Hall–Kier alpha value is -1.38. The molecule has 1 aliphatic heterocycles. The van der Waals surface area contributed by atoms with E-state index in [0.29, 0.717) is 12.6 Å².